The molecule has 0 bridgehead atoms. The van der Waals surface area contributed by atoms with Gasteiger partial charge in [0.15, 0.2) is 5.17 Å². The molecule has 162 valence electrons. The Morgan fingerprint density at radius 1 is 1.03 bits per heavy atom. The fourth-order valence-corrected chi connectivity index (χ4v) is 3.60. The molecule has 4 rings (SSSR count). The Labute approximate surface area is 219 Å². The van der Waals surface area contributed by atoms with Crippen molar-refractivity contribution in [2.24, 2.45) is 4.99 Å². The number of nitrogens with one attached hydrogen (secondary N) is 1. The number of benzene rings is 3. The molecule has 0 radical (unpaired) electrons. The summed E-state index contributed by atoms with van der Waals surface area (Å²) in [6.07, 6.45) is 1.87. The summed E-state index contributed by atoms with van der Waals surface area (Å²) < 4.78 is 5.20. The topological polar surface area (TPSA) is 88.0 Å². The number of carbonyl (C=O) groups excluding carboxylic acids is 1. The quantitative estimate of drug-likeness (QED) is 0.348. The monoisotopic (exact) mass is 468 g/mol. The molecule has 0 aliphatic carbocycles. The zero-order chi connectivity index (χ0) is 22.9. The fraction of sp³-hybridized carbons (Fsp3) is 0.0800. The minimum Gasteiger partial charge on any atom is -0.497 e. The first-order chi connectivity index (χ1) is 15.4. The summed E-state index contributed by atoms with van der Waals surface area (Å²) in [4.78, 5) is 26.3. The minimum atomic E-state index is -0.833. The number of thioether (sulfide) groups is 1. The van der Waals surface area contributed by atoms with Crippen molar-refractivity contribution in [2.45, 2.75) is 6.92 Å². The summed E-state index contributed by atoms with van der Waals surface area (Å²) >= 11 is 1.34. The first kappa shape index (κ1) is 26.4. The predicted molar refractivity (Wildman–Crippen MR) is 128 cm³/mol. The molecule has 1 heterocycles. The molecule has 0 spiro atoms. The van der Waals surface area contributed by atoms with E-state index in [4.69, 9.17) is 14.6 Å². The van der Waals surface area contributed by atoms with Gasteiger partial charge in [-0.1, -0.05) is 36.4 Å². The molecular formula is C25H21N2NaO4S. The maximum atomic E-state index is 12.2. The van der Waals surface area contributed by atoms with Crippen molar-refractivity contribution in [3.05, 3.63) is 89.3 Å². The molecule has 1 aliphatic rings. The van der Waals surface area contributed by atoms with Gasteiger partial charge in [-0.15, -0.1) is 12.1 Å². The number of carboxylic acids is 1. The number of hydrogen-bond donors (Lipinski definition) is 2. The van der Waals surface area contributed by atoms with Gasteiger partial charge in [-0.3, -0.25) is 14.6 Å². The number of aliphatic imine (C=N–C) groups is 1. The van der Waals surface area contributed by atoms with Crippen LogP contribution in [0.4, 0.5) is 5.69 Å². The number of amides is 1. The first-order valence-corrected chi connectivity index (χ1v) is 10.5. The van der Waals surface area contributed by atoms with E-state index in [2.05, 4.69) is 16.4 Å². The number of methoxy groups -OCH3 is 1. The van der Waals surface area contributed by atoms with Gasteiger partial charge in [0.1, 0.15) is 5.75 Å². The Hall–Kier alpha value is -2.84. The zero-order valence-corrected chi connectivity index (χ0v) is 21.3. The van der Waals surface area contributed by atoms with Crippen molar-refractivity contribution in [1.29, 1.82) is 0 Å². The molecule has 1 aliphatic heterocycles. The SMILES string of the molecule is CC(=O)O.COc1ccc(-c2ccc(/C=C3/SC(=Nc4cc[c-]cc4)NC3=O)cc2)cc1.[Na+]. The number of carbonyl (C=O) groups is 2. The Balaban J connectivity index is 0.000000714. The molecule has 0 saturated carbocycles. The summed E-state index contributed by atoms with van der Waals surface area (Å²) in [7, 11) is 1.66. The van der Waals surface area contributed by atoms with E-state index in [0.717, 1.165) is 35.1 Å². The number of rotatable bonds is 4. The third-order valence-electron chi connectivity index (χ3n) is 4.21. The molecule has 8 heteroatoms. The van der Waals surface area contributed by atoms with Crippen molar-refractivity contribution in [3.8, 4) is 16.9 Å². The van der Waals surface area contributed by atoms with Crippen LogP contribution in [0.25, 0.3) is 17.2 Å². The Morgan fingerprint density at radius 3 is 2.12 bits per heavy atom. The molecule has 1 amide bonds. The van der Waals surface area contributed by atoms with Crippen molar-refractivity contribution in [3.63, 3.8) is 0 Å². The van der Waals surface area contributed by atoms with Crippen molar-refractivity contribution < 1.29 is 49.0 Å². The summed E-state index contributed by atoms with van der Waals surface area (Å²) in [5.41, 5.74) is 3.97. The van der Waals surface area contributed by atoms with Gasteiger partial charge in [0, 0.05) is 6.92 Å². The second kappa shape index (κ2) is 13.0. The third kappa shape index (κ3) is 8.22. The number of ether oxygens (including phenoxy) is 1. The van der Waals surface area contributed by atoms with Crippen LogP contribution in [-0.4, -0.2) is 29.3 Å². The van der Waals surface area contributed by atoms with E-state index in [1.807, 2.05) is 66.7 Å². The van der Waals surface area contributed by atoms with Gasteiger partial charge in [-0.05, 0) is 52.3 Å². The van der Waals surface area contributed by atoms with E-state index < -0.39 is 5.97 Å². The summed E-state index contributed by atoms with van der Waals surface area (Å²) in [6.45, 7) is 1.08. The Morgan fingerprint density at radius 2 is 1.58 bits per heavy atom. The van der Waals surface area contributed by atoms with Gasteiger partial charge in [-0.2, -0.15) is 18.2 Å². The van der Waals surface area contributed by atoms with Gasteiger partial charge in [-0.25, -0.2) is 0 Å². The van der Waals surface area contributed by atoms with Crippen LogP contribution in [0.5, 0.6) is 5.75 Å². The van der Waals surface area contributed by atoms with Crippen molar-refractivity contribution in [2.75, 3.05) is 7.11 Å². The van der Waals surface area contributed by atoms with Crippen molar-refractivity contribution >= 4 is 40.6 Å². The van der Waals surface area contributed by atoms with Gasteiger partial charge in [0.25, 0.3) is 11.9 Å². The molecule has 0 atom stereocenters. The molecular weight excluding hydrogens is 447 g/mol. The van der Waals surface area contributed by atoms with Crippen LogP contribution >= 0.6 is 11.8 Å². The number of hydrogen-bond acceptors (Lipinski definition) is 5. The van der Waals surface area contributed by atoms with E-state index in [1.165, 1.54) is 11.8 Å². The largest absolute Gasteiger partial charge is 1.00 e. The molecule has 6 nitrogen and oxygen atoms in total. The first-order valence-electron chi connectivity index (χ1n) is 9.64. The fourth-order valence-electron chi connectivity index (χ4n) is 2.76. The van der Waals surface area contributed by atoms with Gasteiger partial charge in [0.05, 0.1) is 12.0 Å². The van der Waals surface area contributed by atoms with Crippen LogP contribution in [-0.2, 0) is 9.59 Å². The van der Waals surface area contributed by atoms with Crippen molar-refractivity contribution in [1.82, 2.24) is 5.32 Å². The zero-order valence-electron chi connectivity index (χ0n) is 18.5. The Kier molecular flexibility index (Phi) is 10.4. The van der Waals surface area contributed by atoms with Gasteiger partial charge < -0.3 is 15.2 Å². The van der Waals surface area contributed by atoms with Crippen LogP contribution < -0.4 is 39.6 Å². The average molecular weight is 469 g/mol. The molecule has 33 heavy (non-hydrogen) atoms. The van der Waals surface area contributed by atoms with E-state index >= 15 is 0 Å². The average Bonchev–Trinajstić information content (AvgIpc) is 3.13. The minimum absolute atomic E-state index is 0. The van der Waals surface area contributed by atoms with E-state index in [0.29, 0.717) is 10.1 Å². The van der Waals surface area contributed by atoms with Crippen LogP contribution in [0, 0.1) is 6.07 Å². The number of carboxylic acid groups (broad SMARTS) is 1. The number of nitrogens with zero attached hydrogens (tertiary/aromatic N) is 1. The molecule has 1 saturated heterocycles. The van der Waals surface area contributed by atoms with Crippen LogP contribution in [0.3, 0.4) is 0 Å². The standard InChI is InChI=1S/C23H17N2O2S.C2H4O2.Na/c1-27-20-13-11-18(12-14-20)17-9-7-16(8-10-17)15-21-22(26)25-23(28-21)24-19-5-3-2-4-6-19;1-2(3)4;/h3-15H,1H3,(H,24,25,26);1H3,(H,3,4);/q-1;;+1/b21-15+;;. The molecule has 3 aromatic carbocycles. The second-order valence-electron chi connectivity index (χ2n) is 6.61. The molecule has 1 fully saturated rings. The van der Waals surface area contributed by atoms with E-state index in [1.54, 1.807) is 19.2 Å². The van der Waals surface area contributed by atoms with Gasteiger partial charge >= 0.3 is 29.6 Å². The number of aliphatic carboxylic acids is 1. The van der Waals surface area contributed by atoms with Crippen LogP contribution in [0.2, 0.25) is 0 Å². The molecule has 0 unspecified atom stereocenters. The normalized spacial score (nSPS) is 14.7. The van der Waals surface area contributed by atoms with Crippen LogP contribution in [0.15, 0.2) is 82.7 Å². The molecule has 3 aromatic rings. The second-order valence-corrected chi connectivity index (χ2v) is 7.64. The van der Waals surface area contributed by atoms with Gasteiger partial charge in [0.2, 0.25) is 0 Å². The summed E-state index contributed by atoms with van der Waals surface area (Å²) in [5, 5.41) is 10.8. The smallest absolute Gasteiger partial charge is 0.497 e. The third-order valence-corrected chi connectivity index (χ3v) is 5.12. The maximum absolute atomic E-state index is 12.2. The number of amidine groups is 1. The van der Waals surface area contributed by atoms with E-state index in [9.17, 15) is 4.79 Å². The van der Waals surface area contributed by atoms with Crippen LogP contribution in [0.1, 0.15) is 12.5 Å². The molecule has 2 N–H and O–H groups in total. The molecule has 0 aromatic heterocycles. The Bertz CT molecular complexity index is 1140. The maximum Gasteiger partial charge on any atom is 1.00 e. The summed E-state index contributed by atoms with van der Waals surface area (Å²) in [5.74, 6) is -0.133. The van der Waals surface area contributed by atoms with E-state index in [-0.39, 0.29) is 35.5 Å². The summed E-state index contributed by atoms with van der Waals surface area (Å²) in [6, 6.07) is 26.3. The predicted octanol–water partition coefficient (Wildman–Crippen LogP) is 2.15.